The predicted molar refractivity (Wildman–Crippen MR) is 82.4 cm³/mol. The molecule has 3 rings (SSSR count). The standard InChI is InChI=1S/C15H19N4S/c1-11-9-14-12(5-4-6-18(14)2)10-13(11)16-17-15-19(3)7-8-20-15/h7-10H,4-6H2,1-3H3/q+1. The van der Waals surface area contributed by atoms with E-state index in [1.165, 1.54) is 23.2 Å². The minimum atomic E-state index is 0.916. The lowest BCUT2D eigenvalue weighted by molar-refractivity contribution is -0.654. The van der Waals surface area contributed by atoms with Gasteiger partial charge in [-0.15, -0.1) is 0 Å². The van der Waals surface area contributed by atoms with Crippen molar-refractivity contribution in [3.8, 4) is 0 Å². The van der Waals surface area contributed by atoms with Crippen LogP contribution in [0.25, 0.3) is 0 Å². The SMILES string of the molecule is Cc1cc2c(cc1/N=N/c1scc[n+]1C)CCCN2C. The molecule has 1 aliphatic rings. The Morgan fingerprint density at radius 3 is 2.90 bits per heavy atom. The Morgan fingerprint density at radius 2 is 2.15 bits per heavy atom. The Balaban J connectivity index is 1.95. The van der Waals surface area contributed by atoms with Crippen LogP contribution < -0.4 is 9.47 Å². The molecule has 2 heterocycles. The summed E-state index contributed by atoms with van der Waals surface area (Å²) in [6.07, 6.45) is 4.34. The first-order valence-corrected chi connectivity index (χ1v) is 7.72. The highest BCUT2D eigenvalue weighted by atomic mass is 32.1. The molecule has 0 amide bonds. The molecule has 0 aliphatic carbocycles. The molecule has 1 aliphatic heterocycles. The van der Waals surface area contributed by atoms with Crippen molar-refractivity contribution in [3.63, 3.8) is 0 Å². The molecule has 5 heteroatoms. The monoisotopic (exact) mass is 287 g/mol. The van der Waals surface area contributed by atoms with Gasteiger partial charge in [-0.1, -0.05) is 0 Å². The van der Waals surface area contributed by atoms with Crippen molar-refractivity contribution in [2.24, 2.45) is 17.3 Å². The molecule has 0 fully saturated rings. The quantitative estimate of drug-likeness (QED) is 0.612. The van der Waals surface area contributed by atoms with Gasteiger partial charge in [0.2, 0.25) is 0 Å². The van der Waals surface area contributed by atoms with E-state index < -0.39 is 0 Å². The van der Waals surface area contributed by atoms with Crippen LogP contribution in [0.2, 0.25) is 0 Å². The molecule has 0 N–H and O–H groups in total. The van der Waals surface area contributed by atoms with Gasteiger partial charge >= 0.3 is 5.13 Å². The highest BCUT2D eigenvalue weighted by molar-refractivity contribution is 7.12. The van der Waals surface area contributed by atoms with Crippen molar-refractivity contribution in [2.45, 2.75) is 19.8 Å². The summed E-state index contributed by atoms with van der Waals surface area (Å²) in [6, 6.07) is 4.43. The first-order valence-electron chi connectivity index (χ1n) is 6.84. The first kappa shape index (κ1) is 13.2. The average Bonchev–Trinajstić information content (AvgIpc) is 2.83. The third-order valence-corrected chi connectivity index (χ3v) is 4.59. The second-order valence-corrected chi connectivity index (χ2v) is 6.16. The number of benzene rings is 1. The third kappa shape index (κ3) is 2.45. The number of aromatic nitrogens is 1. The molecule has 20 heavy (non-hydrogen) atoms. The van der Waals surface area contributed by atoms with Crippen molar-refractivity contribution in [1.29, 1.82) is 0 Å². The molecule has 104 valence electrons. The largest absolute Gasteiger partial charge is 0.408 e. The van der Waals surface area contributed by atoms with Gasteiger partial charge in [-0.05, 0) is 59.5 Å². The number of anilines is 1. The molecule has 1 aromatic carbocycles. The van der Waals surface area contributed by atoms with Crippen LogP contribution in [0, 0.1) is 6.92 Å². The maximum absolute atomic E-state index is 4.44. The Bertz CT molecular complexity index is 660. The molecule has 0 atom stereocenters. The lowest BCUT2D eigenvalue weighted by Gasteiger charge is -2.28. The van der Waals surface area contributed by atoms with Crippen LogP contribution in [-0.4, -0.2) is 13.6 Å². The number of thiazole rings is 1. The van der Waals surface area contributed by atoms with E-state index in [4.69, 9.17) is 0 Å². The van der Waals surface area contributed by atoms with E-state index >= 15 is 0 Å². The van der Waals surface area contributed by atoms with Gasteiger partial charge in [0, 0.05) is 24.7 Å². The molecular weight excluding hydrogens is 268 g/mol. The predicted octanol–water partition coefficient (Wildman–Crippen LogP) is 3.68. The summed E-state index contributed by atoms with van der Waals surface area (Å²) in [4.78, 5) is 2.33. The summed E-state index contributed by atoms with van der Waals surface area (Å²) in [5.74, 6) is 0. The van der Waals surface area contributed by atoms with Crippen molar-refractivity contribution in [3.05, 3.63) is 34.8 Å². The lowest BCUT2D eigenvalue weighted by Crippen LogP contribution is -2.24. The van der Waals surface area contributed by atoms with E-state index in [1.807, 2.05) is 23.2 Å². The number of hydrogen-bond acceptors (Lipinski definition) is 4. The van der Waals surface area contributed by atoms with E-state index in [0.29, 0.717) is 0 Å². The van der Waals surface area contributed by atoms with Crippen molar-refractivity contribution >= 4 is 27.8 Å². The maximum Gasteiger partial charge on any atom is 0.408 e. The number of aryl methyl sites for hydroxylation is 3. The van der Waals surface area contributed by atoms with Crippen molar-refractivity contribution in [1.82, 2.24) is 0 Å². The fraction of sp³-hybridized carbons (Fsp3) is 0.400. The van der Waals surface area contributed by atoms with E-state index in [-0.39, 0.29) is 0 Å². The van der Waals surface area contributed by atoms with Crippen LogP contribution in [0.15, 0.2) is 33.9 Å². The molecule has 0 radical (unpaired) electrons. The Morgan fingerprint density at radius 1 is 1.30 bits per heavy atom. The highest BCUT2D eigenvalue weighted by Crippen LogP contribution is 2.33. The van der Waals surface area contributed by atoms with Crippen LogP contribution in [0.3, 0.4) is 0 Å². The van der Waals surface area contributed by atoms with Gasteiger partial charge in [0.25, 0.3) is 0 Å². The molecule has 1 aromatic heterocycles. The van der Waals surface area contributed by atoms with Crippen LogP contribution in [0.4, 0.5) is 16.5 Å². The van der Waals surface area contributed by atoms with Gasteiger partial charge < -0.3 is 4.90 Å². The number of rotatable bonds is 2. The van der Waals surface area contributed by atoms with Gasteiger partial charge in [-0.25, -0.2) is 4.57 Å². The summed E-state index contributed by atoms with van der Waals surface area (Å²) >= 11 is 1.60. The second kappa shape index (κ2) is 5.32. The fourth-order valence-corrected chi connectivity index (χ4v) is 3.22. The zero-order chi connectivity index (χ0) is 14.1. The average molecular weight is 287 g/mol. The Labute approximate surface area is 123 Å². The van der Waals surface area contributed by atoms with E-state index in [0.717, 1.165) is 23.8 Å². The zero-order valence-corrected chi connectivity index (χ0v) is 12.9. The van der Waals surface area contributed by atoms with Crippen molar-refractivity contribution < 1.29 is 4.57 Å². The summed E-state index contributed by atoms with van der Waals surface area (Å²) < 4.78 is 1.98. The van der Waals surface area contributed by atoms with Crippen LogP contribution in [-0.2, 0) is 13.5 Å². The Hall–Kier alpha value is -1.75. The molecule has 0 spiro atoms. The number of hydrogen-bond donors (Lipinski definition) is 0. The number of azo groups is 1. The number of nitrogens with zero attached hydrogens (tertiary/aromatic N) is 4. The van der Waals surface area contributed by atoms with Gasteiger partial charge in [0.1, 0.15) is 11.9 Å². The molecule has 4 nitrogen and oxygen atoms in total. The van der Waals surface area contributed by atoms with Gasteiger partial charge in [-0.3, -0.25) is 0 Å². The van der Waals surface area contributed by atoms with Crippen LogP contribution in [0.1, 0.15) is 17.5 Å². The Kier molecular flexibility index (Phi) is 3.53. The van der Waals surface area contributed by atoms with E-state index in [9.17, 15) is 0 Å². The normalized spacial score (nSPS) is 14.8. The summed E-state index contributed by atoms with van der Waals surface area (Å²) in [5.41, 5.74) is 4.89. The molecular formula is C15H19N4S+. The van der Waals surface area contributed by atoms with Crippen LogP contribution >= 0.6 is 11.3 Å². The first-order chi connectivity index (χ1) is 9.65. The van der Waals surface area contributed by atoms with Gasteiger partial charge in [0.05, 0.1) is 12.2 Å². The third-order valence-electron chi connectivity index (χ3n) is 3.75. The molecule has 0 bridgehead atoms. The minimum Gasteiger partial charge on any atom is -0.374 e. The number of fused-ring (bicyclic) bond motifs is 1. The van der Waals surface area contributed by atoms with E-state index in [2.05, 4.69) is 41.2 Å². The zero-order valence-electron chi connectivity index (χ0n) is 12.1. The van der Waals surface area contributed by atoms with Crippen molar-refractivity contribution in [2.75, 3.05) is 18.5 Å². The highest BCUT2D eigenvalue weighted by Gasteiger charge is 2.16. The molecule has 2 aromatic rings. The van der Waals surface area contributed by atoms with Crippen LogP contribution in [0.5, 0.6) is 0 Å². The van der Waals surface area contributed by atoms with Gasteiger partial charge in [-0.2, -0.15) is 0 Å². The van der Waals surface area contributed by atoms with Gasteiger partial charge in [0.15, 0.2) is 0 Å². The summed E-state index contributed by atoms with van der Waals surface area (Å²) in [7, 11) is 4.14. The topological polar surface area (TPSA) is 31.8 Å². The maximum atomic E-state index is 4.44. The second-order valence-electron chi connectivity index (χ2n) is 5.29. The smallest absolute Gasteiger partial charge is 0.374 e. The minimum absolute atomic E-state index is 0.916. The summed E-state index contributed by atoms with van der Waals surface area (Å²) in [6.45, 7) is 3.24. The lowest BCUT2D eigenvalue weighted by atomic mass is 9.99. The summed E-state index contributed by atoms with van der Waals surface area (Å²) in [5, 5.41) is 11.7. The molecule has 0 saturated carbocycles. The molecule has 0 saturated heterocycles. The molecule has 0 unspecified atom stereocenters. The fourth-order valence-electron chi connectivity index (χ4n) is 2.54. The van der Waals surface area contributed by atoms with E-state index in [1.54, 1.807) is 11.3 Å².